The highest BCUT2D eigenvalue weighted by Crippen LogP contribution is 2.26. The van der Waals surface area contributed by atoms with Gasteiger partial charge in [-0.25, -0.2) is 0 Å². The van der Waals surface area contributed by atoms with Gasteiger partial charge < -0.3 is 10.6 Å². The summed E-state index contributed by atoms with van der Waals surface area (Å²) >= 11 is 0. The fraction of sp³-hybridized carbons (Fsp3) is 0.267. The number of carbonyl (C=O) groups is 1. The van der Waals surface area contributed by atoms with Gasteiger partial charge in [-0.3, -0.25) is 4.79 Å². The summed E-state index contributed by atoms with van der Waals surface area (Å²) in [5.74, 6) is -0.0502. The van der Waals surface area contributed by atoms with E-state index in [1.165, 1.54) is 12.3 Å². The van der Waals surface area contributed by atoms with Crippen LogP contribution in [0.2, 0.25) is 0 Å². The van der Waals surface area contributed by atoms with Crippen molar-refractivity contribution in [2.45, 2.75) is 26.8 Å². The summed E-state index contributed by atoms with van der Waals surface area (Å²) in [5.41, 5.74) is 1.95. The summed E-state index contributed by atoms with van der Waals surface area (Å²) in [6.45, 7) is 5.75. The summed E-state index contributed by atoms with van der Waals surface area (Å²) < 4.78 is 0. The number of fused-ring (bicyclic) bond motifs is 1. The second-order valence-corrected chi connectivity index (χ2v) is 4.72. The van der Waals surface area contributed by atoms with E-state index in [9.17, 15) is 4.79 Å². The lowest BCUT2D eigenvalue weighted by Crippen LogP contribution is -2.10. The molecule has 0 spiro atoms. The largest absolute Gasteiger partial charge is 0.382 e. The minimum atomic E-state index is -0.0502. The quantitative estimate of drug-likeness (QED) is 0.863. The van der Waals surface area contributed by atoms with E-state index in [-0.39, 0.29) is 5.91 Å². The van der Waals surface area contributed by atoms with Crippen molar-refractivity contribution in [3.05, 3.63) is 36.4 Å². The first-order valence-corrected chi connectivity index (χ1v) is 6.13. The van der Waals surface area contributed by atoms with Gasteiger partial charge in [-0.15, -0.1) is 0 Å². The van der Waals surface area contributed by atoms with E-state index in [2.05, 4.69) is 30.5 Å². The van der Waals surface area contributed by atoms with E-state index in [1.54, 1.807) is 0 Å². The maximum atomic E-state index is 11.0. The van der Waals surface area contributed by atoms with Crippen LogP contribution in [0.1, 0.15) is 20.8 Å². The number of rotatable bonds is 3. The van der Waals surface area contributed by atoms with Gasteiger partial charge in [0.15, 0.2) is 0 Å². The molecule has 0 bridgehead atoms. The lowest BCUT2D eigenvalue weighted by Gasteiger charge is -2.13. The van der Waals surface area contributed by atoms with E-state index >= 15 is 0 Å². The third kappa shape index (κ3) is 2.80. The van der Waals surface area contributed by atoms with Gasteiger partial charge in [-0.1, -0.05) is 18.2 Å². The average Bonchev–Trinajstić information content (AvgIpc) is 2.27. The van der Waals surface area contributed by atoms with Crippen LogP contribution in [0.3, 0.4) is 0 Å². The summed E-state index contributed by atoms with van der Waals surface area (Å²) in [7, 11) is 0. The molecule has 18 heavy (non-hydrogen) atoms. The van der Waals surface area contributed by atoms with Crippen molar-refractivity contribution in [3.8, 4) is 0 Å². The van der Waals surface area contributed by atoms with E-state index in [0.29, 0.717) is 6.04 Å². The maximum Gasteiger partial charge on any atom is 0.221 e. The van der Waals surface area contributed by atoms with E-state index in [0.717, 1.165) is 16.8 Å². The SMILES string of the molecule is CC(=O)Nc1ccc2c(NC(C)C)cccc2c1. The fourth-order valence-corrected chi connectivity index (χ4v) is 2.00. The van der Waals surface area contributed by atoms with Crippen molar-refractivity contribution in [1.29, 1.82) is 0 Å². The molecule has 94 valence electrons. The second-order valence-electron chi connectivity index (χ2n) is 4.72. The van der Waals surface area contributed by atoms with Gasteiger partial charge in [0.05, 0.1) is 0 Å². The van der Waals surface area contributed by atoms with Crippen molar-refractivity contribution in [2.75, 3.05) is 10.6 Å². The minimum Gasteiger partial charge on any atom is -0.382 e. The number of hydrogen-bond donors (Lipinski definition) is 2. The first-order chi connectivity index (χ1) is 8.56. The monoisotopic (exact) mass is 242 g/mol. The average molecular weight is 242 g/mol. The summed E-state index contributed by atoms with van der Waals surface area (Å²) in [5, 5.41) is 8.50. The Bertz CT molecular complexity index is 576. The fourth-order valence-electron chi connectivity index (χ4n) is 2.00. The summed E-state index contributed by atoms with van der Waals surface area (Å²) in [6, 6.07) is 12.5. The molecule has 1 amide bonds. The Kier molecular flexibility index (Phi) is 3.51. The molecule has 0 aliphatic carbocycles. The second kappa shape index (κ2) is 5.08. The third-order valence-corrected chi connectivity index (χ3v) is 2.64. The van der Waals surface area contributed by atoms with Crippen molar-refractivity contribution in [2.24, 2.45) is 0 Å². The number of benzene rings is 2. The Hall–Kier alpha value is -2.03. The zero-order chi connectivity index (χ0) is 13.1. The van der Waals surface area contributed by atoms with Crippen LogP contribution in [0.25, 0.3) is 10.8 Å². The lowest BCUT2D eigenvalue weighted by molar-refractivity contribution is -0.114. The highest BCUT2D eigenvalue weighted by Gasteiger charge is 2.03. The Morgan fingerprint density at radius 1 is 1.17 bits per heavy atom. The van der Waals surface area contributed by atoms with Crippen molar-refractivity contribution >= 4 is 28.1 Å². The zero-order valence-electron chi connectivity index (χ0n) is 10.9. The molecule has 0 heterocycles. The number of amides is 1. The number of carbonyl (C=O) groups excluding carboxylic acids is 1. The van der Waals surface area contributed by atoms with Crippen LogP contribution in [0, 0.1) is 0 Å². The maximum absolute atomic E-state index is 11.0. The van der Waals surface area contributed by atoms with Gasteiger partial charge in [-0.05, 0) is 37.4 Å². The molecule has 0 saturated heterocycles. The Morgan fingerprint density at radius 2 is 1.94 bits per heavy atom. The molecule has 0 aliphatic heterocycles. The van der Waals surface area contributed by atoms with Crippen LogP contribution in [0.4, 0.5) is 11.4 Å². The molecule has 0 aromatic heterocycles. The normalized spacial score (nSPS) is 10.7. The van der Waals surface area contributed by atoms with Crippen LogP contribution in [-0.4, -0.2) is 11.9 Å². The van der Waals surface area contributed by atoms with Crippen LogP contribution in [0.5, 0.6) is 0 Å². The Labute approximate surface area is 107 Å². The van der Waals surface area contributed by atoms with Crippen LogP contribution in [0.15, 0.2) is 36.4 Å². The molecule has 2 aromatic rings. The molecule has 0 unspecified atom stereocenters. The summed E-state index contributed by atoms with van der Waals surface area (Å²) in [4.78, 5) is 11.0. The Balaban J connectivity index is 2.43. The highest BCUT2D eigenvalue weighted by atomic mass is 16.1. The van der Waals surface area contributed by atoms with Gasteiger partial charge in [-0.2, -0.15) is 0 Å². The van der Waals surface area contributed by atoms with Crippen LogP contribution in [-0.2, 0) is 4.79 Å². The van der Waals surface area contributed by atoms with Crippen molar-refractivity contribution < 1.29 is 4.79 Å². The van der Waals surface area contributed by atoms with E-state index < -0.39 is 0 Å². The molecule has 2 N–H and O–H groups in total. The molecule has 0 radical (unpaired) electrons. The molecule has 0 saturated carbocycles. The number of nitrogens with one attached hydrogen (secondary N) is 2. The molecule has 0 atom stereocenters. The lowest BCUT2D eigenvalue weighted by atomic mass is 10.1. The zero-order valence-corrected chi connectivity index (χ0v) is 10.9. The molecule has 2 aromatic carbocycles. The molecule has 2 rings (SSSR count). The molecular formula is C15H18N2O. The topological polar surface area (TPSA) is 41.1 Å². The predicted octanol–water partition coefficient (Wildman–Crippen LogP) is 3.62. The number of anilines is 2. The summed E-state index contributed by atoms with van der Waals surface area (Å²) in [6.07, 6.45) is 0. The first kappa shape index (κ1) is 12.4. The van der Waals surface area contributed by atoms with Crippen LogP contribution >= 0.6 is 0 Å². The third-order valence-electron chi connectivity index (χ3n) is 2.64. The highest BCUT2D eigenvalue weighted by molar-refractivity contribution is 5.98. The van der Waals surface area contributed by atoms with Gasteiger partial charge in [0.25, 0.3) is 0 Å². The van der Waals surface area contributed by atoms with Gasteiger partial charge in [0.2, 0.25) is 5.91 Å². The number of hydrogen-bond acceptors (Lipinski definition) is 2. The van der Waals surface area contributed by atoms with Crippen molar-refractivity contribution in [1.82, 2.24) is 0 Å². The Morgan fingerprint density at radius 3 is 2.61 bits per heavy atom. The first-order valence-electron chi connectivity index (χ1n) is 6.13. The van der Waals surface area contributed by atoms with Crippen molar-refractivity contribution in [3.63, 3.8) is 0 Å². The van der Waals surface area contributed by atoms with E-state index in [1.807, 2.05) is 30.3 Å². The van der Waals surface area contributed by atoms with Gasteiger partial charge >= 0.3 is 0 Å². The molecule has 0 aliphatic rings. The minimum absolute atomic E-state index is 0.0502. The standard InChI is InChI=1S/C15H18N2O/c1-10(2)16-15-6-4-5-12-9-13(17-11(3)18)7-8-14(12)15/h4-10,16H,1-3H3,(H,17,18). The van der Waals surface area contributed by atoms with Crippen LogP contribution < -0.4 is 10.6 Å². The van der Waals surface area contributed by atoms with Gasteiger partial charge in [0.1, 0.15) is 0 Å². The molecule has 3 nitrogen and oxygen atoms in total. The predicted molar refractivity (Wildman–Crippen MR) is 77.0 cm³/mol. The van der Waals surface area contributed by atoms with Gasteiger partial charge in [0, 0.05) is 29.7 Å². The molecule has 3 heteroatoms. The smallest absolute Gasteiger partial charge is 0.221 e. The van der Waals surface area contributed by atoms with E-state index in [4.69, 9.17) is 0 Å². The molecular weight excluding hydrogens is 224 g/mol. The molecule has 0 fully saturated rings.